The van der Waals surface area contributed by atoms with E-state index in [9.17, 15) is 5.11 Å². The van der Waals surface area contributed by atoms with Crippen molar-refractivity contribution in [1.82, 2.24) is 19.5 Å². The second-order valence-electron chi connectivity index (χ2n) is 7.42. The van der Waals surface area contributed by atoms with E-state index in [1.165, 1.54) is 15.9 Å². The Balaban J connectivity index is 1.59. The lowest BCUT2D eigenvalue weighted by Crippen LogP contribution is -2.47. The molecule has 29 heavy (non-hydrogen) atoms. The van der Waals surface area contributed by atoms with E-state index in [1.807, 2.05) is 18.2 Å². The summed E-state index contributed by atoms with van der Waals surface area (Å²) in [5, 5.41) is 15.5. The second-order valence-corrected chi connectivity index (χ2v) is 8.43. The number of thiazole rings is 1. The highest BCUT2D eigenvalue weighted by Crippen LogP contribution is 2.41. The van der Waals surface area contributed by atoms with Crippen molar-refractivity contribution in [1.29, 1.82) is 0 Å². The molecule has 0 spiro atoms. The fraction of sp³-hybridized carbons (Fsp3) is 0.333. The van der Waals surface area contributed by atoms with Gasteiger partial charge in [0.05, 0.1) is 29.4 Å². The molecule has 1 aliphatic rings. The highest BCUT2D eigenvalue weighted by molar-refractivity contribution is 7.17. The third-order valence-corrected chi connectivity index (χ3v) is 6.19. The number of aromatic hydroxyl groups is 1. The molecule has 0 aliphatic carbocycles. The lowest BCUT2D eigenvalue weighted by atomic mass is 10.0. The third kappa shape index (κ3) is 3.33. The predicted molar refractivity (Wildman–Crippen MR) is 110 cm³/mol. The van der Waals surface area contributed by atoms with Gasteiger partial charge in [-0.1, -0.05) is 41.7 Å². The first-order chi connectivity index (χ1) is 14.1. The van der Waals surface area contributed by atoms with Crippen molar-refractivity contribution in [3.8, 4) is 17.5 Å². The molecule has 8 heteroatoms. The number of ether oxygens (including phenoxy) is 1. The van der Waals surface area contributed by atoms with Gasteiger partial charge >= 0.3 is 0 Å². The quantitative estimate of drug-likeness (QED) is 0.549. The average Bonchev–Trinajstić information content (AvgIpc) is 3.41. The van der Waals surface area contributed by atoms with Gasteiger partial charge in [0, 0.05) is 13.1 Å². The molecule has 0 bridgehead atoms. The molecular formula is C21H22N4O3S. The minimum Gasteiger partial charge on any atom is -0.492 e. The zero-order valence-electron chi connectivity index (χ0n) is 16.2. The van der Waals surface area contributed by atoms with E-state index in [-0.39, 0.29) is 24.1 Å². The zero-order chi connectivity index (χ0) is 20.0. The average molecular weight is 410 g/mol. The van der Waals surface area contributed by atoms with Gasteiger partial charge in [-0.05, 0) is 31.5 Å². The van der Waals surface area contributed by atoms with Crippen molar-refractivity contribution in [3.05, 3.63) is 59.2 Å². The van der Waals surface area contributed by atoms with Crippen LogP contribution in [-0.4, -0.2) is 49.9 Å². The Morgan fingerprint density at radius 3 is 2.52 bits per heavy atom. The number of rotatable bonds is 4. The predicted octanol–water partition coefficient (Wildman–Crippen LogP) is 3.96. The molecule has 0 saturated carbocycles. The van der Waals surface area contributed by atoms with Crippen LogP contribution in [0.3, 0.4) is 0 Å². The number of fused-ring (bicyclic) bond motifs is 1. The van der Waals surface area contributed by atoms with Crippen molar-refractivity contribution < 1.29 is 14.3 Å². The Labute approximate surface area is 172 Å². The highest BCUT2D eigenvalue weighted by atomic mass is 32.1. The minimum absolute atomic E-state index is 0.0921. The molecule has 3 atom stereocenters. The minimum atomic E-state index is -0.0921. The summed E-state index contributed by atoms with van der Waals surface area (Å²) in [4.78, 5) is 8.40. The first-order valence-electron chi connectivity index (χ1n) is 9.67. The van der Waals surface area contributed by atoms with Gasteiger partial charge in [-0.15, -0.1) is 5.10 Å². The molecule has 3 aromatic heterocycles. The van der Waals surface area contributed by atoms with Gasteiger partial charge in [0.15, 0.2) is 5.76 Å². The summed E-state index contributed by atoms with van der Waals surface area (Å²) < 4.78 is 12.8. The van der Waals surface area contributed by atoms with Crippen molar-refractivity contribution in [3.63, 3.8) is 0 Å². The van der Waals surface area contributed by atoms with Crippen LogP contribution in [-0.2, 0) is 4.74 Å². The normalized spacial score (nSPS) is 21.6. The number of furan rings is 1. The monoisotopic (exact) mass is 410 g/mol. The number of benzene rings is 1. The van der Waals surface area contributed by atoms with Crippen LogP contribution in [0.15, 0.2) is 53.1 Å². The van der Waals surface area contributed by atoms with E-state index in [1.54, 1.807) is 18.4 Å². The fourth-order valence-electron chi connectivity index (χ4n) is 4.03. The Hall–Kier alpha value is -2.68. The standard InChI is InChI=1S/C21H22N4O3S/c1-13-11-24(12-14(2)28-13)17(15-7-4-3-5-8-15)18-20(26)25-21(29-18)22-19(23-25)16-9-6-10-27-16/h3-10,13-14,17,26H,11-12H2,1-2H3/t13-,14-,17-/m0/s1. The number of aromatic nitrogens is 3. The van der Waals surface area contributed by atoms with Gasteiger partial charge < -0.3 is 14.3 Å². The summed E-state index contributed by atoms with van der Waals surface area (Å²) in [6.07, 6.45) is 1.83. The molecule has 4 heterocycles. The molecule has 150 valence electrons. The van der Waals surface area contributed by atoms with E-state index in [0.717, 1.165) is 23.5 Å². The fourth-order valence-corrected chi connectivity index (χ4v) is 5.15. The maximum absolute atomic E-state index is 11.1. The van der Waals surface area contributed by atoms with E-state index < -0.39 is 0 Å². The van der Waals surface area contributed by atoms with Crippen molar-refractivity contribution in [2.24, 2.45) is 0 Å². The summed E-state index contributed by atoms with van der Waals surface area (Å²) in [5.74, 6) is 1.17. The zero-order valence-corrected chi connectivity index (χ0v) is 17.0. The molecule has 1 saturated heterocycles. The maximum atomic E-state index is 11.1. The van der Waals surface area contributed by atoms with Crippen molar-refractivity contribution >= 4 is 16.3 Å². The molecule has 1 aliphatic heterocycles. The summed E-state index contributed by atoms with van der Waals surface area (Å²) in [6, 6.07) is 13.8. The van der Waals surface area contributed by atoms with Gasteiger partial charge in [-0.25, -0.2) is 0 Å². The van der Waals surface area contributed by atoms with E-state index in [4.69, 9.17) is 9.15 Å². The van der Waals surface area contributed by atoms with Gasteiger partial charge in [0.1, 0.15) is 0 Å². The van der Waals surface area contributed by atoms with Crippen LogP contribution in [0.5, 0.6) is 5.88 Å². The molecule has 4 aromatic rings. The van der Waals surface area contributed by atoms with Crippen LogP contribution in [0, 0.1) is 0 Å². The van der Waals surface area contributed by atoms with Crippen LogP contribution < -0.4 is 0 Å². The second kappa shape index (κ2) is 7.29. The topological polar surface area (TPSA) is 76.0 Å². The van der Waals surface area contributed by atoms with Crippen LogP contribution >= 0.6 is 11.3 Å². The van der Waals surface area contributed by atoms with Crippen LogP contribution in [0.2, 0.25) is 0 Å². The highest BCUT2D eigenvalue weighted by Gasteiger charge is 2.34. The van der Waals surface area contributed by atoms with Crippen LogP contribution in [0.1, 0.15) is 30.3 Å². The lowest BCUT2D eigenvalue weighted by Gasteiger charge is -2.40. The molecule has 0 amide bonds. The SMILES string of the molecule is C[C@H]1CN([C@@H](c2ccccc2)c2sc3nc(-c4ccco4)nn3c2O)C[C@H](C)O1. The van der Waals surface area contributed by atoms with Crippen molar-refractivity contribution in [2.75, 3.05) is 13.1 Å². The Morgan fingerprint density at radius 2 is 1.86 bits per heavy atom. The lowest BCUT2D eigenvalue weighted by molar-refractivity contribution is -0.0764. The number of nitrogens with zero attached hydrogens (tertiary/aromatic N) is 4. The van der Waals surface area contributed by atoms with Gasteiger partial charge in [-0.2, -0.15) is 9.50 Å². The first kappa shape index (κ1) is 18.4. The van der Waals surface area contributed by atoms with E-state index in [2.05, 4.69) is 41.0 Å². The molecule has 5 rings (SSSR count). The largest absolute Gasteiger partial charge is 0.492 e. The summed E-state index contributed by atoms with van der Waals surface area (Å²) in [6.45, 7) is 5.75. The Kier molecular flexibility index (Phi) is 4.61. The number of hydrogen-bond donors (Lipinski definition) is 1. The third-order valence-electron chi connectivity index (χ3n) is 5.12. The molecule has 0 unspecified atom stereocenters. The summed E-state index contributed by atoms with van der Waals surface area (Å²) >= 11 is 1.46. The molecule has 0 radical (unpaired) electrons. The number of hydrogen-bond acceptors (Lipinski definition) is 7. The Bertz CT molecular complexity index is 1100. The Morgan fingerprint density at radius 1 is 1.10 bits per heavy atom. The molecule has 1 N–H and O–H groups in total. The summed E-state index contributed by atoms with van der Waals surface area (Å²) in [7, 11) is 0. The number of morpholine rings is 1. The van der Waals surface area contributed by atoms with E-state index >= 15 is 0 Å². The molecule has 1 aromatic carbocycles. The maximum Gasteiger partial charge on any atom is 0.230 e. The van der Waals surface area contributed by atoms with Crippen LogP contribution in [0.25, 0.3) is 16.5 Å². The van der Waals surface area contributed by atoms with Gasteiger partial charge in [0.25, 0.3) is 0 Å². The van der Waals surface area contributed by atoms with E-state index in [0.29, 0.717) is 16.5 Å². The summed E-state index contributed by atoms with van der Waals surface area (Å²) in [5.41, 5.74) is 1.12. The van der Waals surface area contributed by atoms with Gasteiger partial charge in [-0.3, -0.25) is 4.90 Å². The molecule has 1 fully saturated rings. The van der Waals surface area contributed by atoms with Crippen molar-refractivity contribution in [2.45, 2.75) is 32.1 Å². The smallest absolute Gasteiger partial charge is 0.230 e. The van der Waals surface area contributed by atoms with Gasteiger partial charge in [0.2, 0.25) is 16.7 Å². The first-order valence-corrected chi connectivity index (χ1v) is 10.5. The molecular weight excluding hydrogens is 388 g/mol. The van der Waals surface area contributed by atoms with Crippen LogP contribution in [0.4, 0.5) is 0 Å². The molecule has 7 nitrogen and oxygen atoms in total.